The maximum absolute atomic E-state index is 9.25. The van der Waals surface area contributed by atoms with Crippen molar-refractivity contribution in [3.05, 3.63) is 0 Å². The lowest BCUT2D eigenvalue weighted by Crippen LogP contribution is -2.26. The van der Waals surface area contributed by atoms with Gasteiger partial charge in [-0.2, -0.15) is 0 Å². The third-order valence-electron chi connectivity index (χ3n) is 2.72. The average molecular weight is 188 g/mol. The van der Waals surface area contributed by atoms with Crippen LogP contribution in [0.5, 0.6) is 0 Å². The maximum Gasteiger partial charge on any atom is 0.0545 e. The summed E-state index contributed by atoms with van der Waals surface area (Å²) in [6.45, 7) is 5.35. The molecule has 13 heavy (non-hydrogen) atoms. The first kappa shape index (κ1) is 11.0. The van der Waals surface area contributed by atoms with E-state index in [1.807, 2.05) is 6.92 Å². The second-order valence-electron chi connectivity index (χ2n) is 3.76. The van der Waals surface area contributed by atoms with Crippen molar-refractivity contribution in [2.75, 3.05) is 33.0 Å². The van der Waals surface area contributed by atoms with Crippen molar-refractivity contribution in [3.8, 4) is 0 Å². The van der Waals surface area contributed by atoms with E-state index < -0.39 is 0 Å². The highest BCUT2D eigenvalue weighted by Crippen LogP contribution is 2.32. The minimum atomic E-state index is 0.0388. The largest absolute Gasteiger partial charge is 0.396 e. The monoisotopic (exact) mass is 188 g/mol. The van der Waals surface area contributed by atoms with Crippen LogP contribution in [-0.4, -0.2) is 38.1 Å². The molecule has 78 valence electrons. The first-order chi connectivity index (χ1) is 6.33. The third-order valence-corrected chi connectivity index (χ3v) is 2.72. The summed E-state index contributed by atoms with van der Waals surface area (Å²) in [5.41, 5.74) is 0.0388. The van der Waals surface area contributed by atoms with Crippen molar-refractivity contribution in [1.82, 2.24) is 0 Å². The predicted octanol–water partition coefficient (Wildman–Crippen LogP) is 1.20. The highest BCUT2D eigenvalue weighted by atomic mass is 16.5. The van der Waals surface area contributed by atoms with Crippen LogP contribution in [0.15, 0.2) is 0 Å². The number of aliphatic hydroxyl groups excluding tert-OH is 1. The maximum atomic E-state index is 9.25. The van der Waals surface area contributed by atoms with E-state index in [1.165, 1.54) is 0 Å². The van der Waals surface area contributed by atoms with Crippen LogP contribution in [0.4, 0.5) is 0 Å². The molecule has 0 aromatic heterocycles. The highest BCUT2D eigenvalue weighted by molar-refractivity contribution is 4.82. The van der Waals surface area contributed by atoms with Crippen molar-refractivity contribution in [3.63, 3.8) is 0 Å². The number of hydrogen-bond donors (Lipinski definition) is 1. The van der Waals surface area contributed by atoms with E-state index in [1.54, 1.807) is 0 Å². The molecule has 1 fully saturated rings. The van der Waals surface area contributed by atoms with Gasteiger partial charge in [-0.15, -0.1) is 0 Å². The van der Waals surface area contributed by atoms with E-state index in [2.05, 4.69) is 0 Å². The first-order valence-corrected chi connectivity index (χ1v) is 5.09. The van der Waals surface area contributed by atoms with Crippen LogP contribution in [0.1, 0.15) is 26.2 Å². The third kappa shape index (κ3) is 3.25. The Kier molecular flexibility index (Phi) is 4.70. The van der Waals surface area contributed by atoms with Gasteiger partial charge in [0.2, 0.25) is 0 Å². The zero-order valence-corrected chi connectivity index (χ0v) is 8.42. The van der Waals surface area contributed by atoms with Gasteiger partial charge in [-0.05, 0) is 26.2 Å². The summed E-state index contributed by atoms with van der Waals surface area (Å²) in [5.74, 6) is 0. The number of hydrogen-bond acceptors (Lipinski definition) is 3. The molecule has 3 nitrogen and oxygen atoms in total. The lowest BCUT2D eigenvalue weighted by molar-refractivity contribution is 0.0708. The Bertz CT molecular complexity index is 130. The molecule has 0 amide bonds. The molecular formula is C10H20O3. The second-order valence-corrected chi connectivity index (χ2v) is 3.76. The summed E-state index contributed by atoms with van der Waals surface area (Å²) in [5, 5.41) is 9.25. The Morgan fingerprint density at radius 2 is 2.38 bits per heavy atom. The van der Waals surface area contributed by atoms with E-state index >= 15 is 0 Å². The van der Waals surface area contributed by atoms with Gasteiger partial charge < -0.3 is 14.6 Å². The molecule has 1 aliphatic rings. The van der Waals surface area contributed by atoms with Crippen molar-refractivity contribution in [2.24, 2.45) is 5.41 Å². The fourth-order valence-electron chi connectivity index (χ4n) is 1.74. The molecule has 1 N–H and O–H groups in total. The van der Waals surface area contributed by atoms with Gasteiger partial charge in [0.15, 0.2) is 0 Å². The lowest BCUT2D eigenvalue weighted by atomic mass is 9.84. The normalized spacial score (nSPS) is 28.2. The van der Waals surface area contributed by atoms with Gasteiger partial charge in [-0.25, -0.2) is 0 Å². The molecule has 1 heterocycles. The lowest BCUT2D eigenvalue weighted by Gasteiger charge is -2.24. The van der Waals surface area contributed by atoms with Crippen LogP contribution in [-0.2, 0) is 9.47 Å². The molecule has 0 spiro atoms. The summed E-state index contributed by atoms with van der Waals surface area (Å²) < 4.78 is 10.6. The molecule has 1 rings (SSSR count). The Morgan fingerprint density at radius 1 is 1.54 bits per heavy atom. The van der Waals surface area contributed by atoms with E-state index in [0.717, 1.165) is 45.7 Å². The van der Waals surface area contributed by atoms with Crippen LogP contribution < -0.4 is 0 Å². The molecule has 1 atom stereocenters. The molecule has 0 aliphatic carbocycles. The van der Waals surface area contributed by atoms with E-state index in [0.29, 0.717) is 0 Å². The van der Waals surface area contributed by atoms with Crippen molar-refractivity contribution < 1.29 is 14.6 Å². The molecule has 0 bridgehead atoms. The Balaban J connectivity index is 2.16. The zero-order valence-electron chi connectivity index (χ0n) is 8.42. The number of ether oxygens (including phenoxy) is 2. The van der Waals surface area contributed by atoms with E-state index in [9.17, 15) is 5.11 Å². The van der Waals surface area contributed by atoms with Gasteiger partial charge >= 0.3 is 0 Å². The first-order valence-electron chi connectivity index (χ1n) is 5.09. The molecule has 0 aromatic rings. The van der Waals surface area contributed by atoms with Crippen molar-refractivity contribution in [1.29, 1.82) is 0 Å². The zero-order chi connectivity index (χ0) is 9.57. The molecule has 0 saturated carbocycles. The highest BCUT2D eigenvalue weighted by Gasteiger charge is 2.33. The number of aliphatic hydroxyl groups is 1. The van der Waals surface area contributed by atoms with Crippen LogP contribution in [0.3, 0.4) is 0 Å². The van der Waals surface area contributed by atoms with Gasteiger partial charge in [-0.3, -0.25) is 0 Å². The minimum absolute atomic E-state index is 0.0388. The molecular weight excluding hydrogens is 168 g/mol. The van der Waals surface area contributed by atoms with Crippen LogP contribution in [0.2, 0.25) is 0 Å². The average Bonchev–Trinajstić information content (AvgIpc) is 2.62. The Labute approximate surface area is 80.0 Å². The van der Waals surface area contributed by atoms with E-state index in [-0.39, 0.29) is 12.0 Å². The Hall–Kier alpha value is -0.120. The van der Waals surface area contributed by atoms with Gasteiger partial charge in [0.1, 0.15) is 0 Å². The van der Waals surface area contributed by atoms with Gasteiger partial charge in [0, 0.05) is 25.2 Å². The van der Waals surface area contributed by atoms with Gasteiger partial charge in [0.05, 0.1) is 13.2 Å². The van der Waals surface area contributed by atoms with Crippen LogP contribution >= 0.6 is 0 Å². The molecule has 1 unspecified atom stereocenters. The van der Waals surface area contributed by atoms with Gasteiger partial charge in [0.25, 0.3) is 0 Å². The van der Waals surface area contributed by atoms with Crippen molar-refractivity contribution in [2.45, 2.75) is 26.2 Å². The predicted molar refractivity (Wildman–Crippen MR) is 50.7 cm³/mol. The second kappa shape index (κ2) is 5.58. The fraction of sp³-hybridized carbons (Fsp3) is 1.00. The summed E-state index contributed by atoms with van der Waals surface area (Å²) in [6, 6.07) is 0. The number of rotatable bonds is 6. The molecule has 0 radical (unpaired) electrons. The summed E-state index contributed by atoms with van der Waals surface area (Å²) in [7, 11) is 0. The quantitative estimate of drug-likeness (QED) is 0.637. The standard InChI is InChI=1S/C10H20O3/c1-2-12-6-3-4-10(8-11)5-7-13-9-10/h11H,2-9H2,1H3. The molecule has 0 aromatic carbocycles. The Morgan fingerprint density at radius 3 is 2.92 bits per heavy atom. The topological polar surface area (TPSA) is 38.7 Å². The summed E-state index contributed by atoms with van der Waals surface area (Å²) in [6.07, 6.45) is 3.04. The smallest absolute Gasteiger partial charge is 0.0545 e. The van der Waals surface area contributed by atoms with Crippen LogP contribution in [0, 0.1) is 5.41 Å². The van der Waals surface area contributed by atoms with Gasteiger partial charge in [-0.1, -0.05) is 0 Å². The summed E-state index contributed by atoms with van der Waals surface area (Å²) >= 11 is 0. The minimum Gasteiger partial charge on any atom is -0.396 e. The van der Waals surface area contributed by atoms with Crippen molar-refractivity contribution >= 4 is 0 Å². The molecule has 3 heteroatoms. The molecule has 1 saturated heterocycles. The van der Waals surface area contributed by atoms with E-state index in [4.69, 9.17) is 9.47 Å². The summed E-state index contributed by atoms with van der Waals surface area (Å²) in [4.78, 5) is 0. The SMILES string of the molecule is CCOCCCC1(CO)CCOC1. The molecule has 1 aliphatic heterocycles. The fourth-order valence-corrected chi connectivity index (χ4v) is 1.74. The van der Waals surface area contributed by atoms with Crippen LogP contribution in [0.25, 0.3) is 0 Å².